The number of anilines is 2. The Morgan fingerprint density at radius 3 is 2.40 bits per heavy atom. The van der Waals surface area contributed by atoms with E-state index >= 15 is 0 Å². The van der Waals surface area contributed by atoms with Gasteiger partial charge in [-0.25, -0.2) is 13.2 Å². The Morgan fingerprint density at radius 2 is 1.80 bits per heavy atom. The monoisotopic (exact) mass is 435 g/mol. The fourth-order valence-electron chi connectivity index (χ4n) is 3.32. The molecule has 2 aromatic rings. The van der Waals surface area contributed by atoms with Crippen molar-refractivity contribution in [2.45, 2.75) is 18.2 Å². The number of carbonyl (C=O) groups excluding carboxylic acids is 1. The van der Waals surface area contributed by atoms with Crippen molar-refractivity contribution in [3.05, 3.63) is 36.4 Å². The van der Waals surface area contributed by atoms with Crippen molar-refractivity contribution in [2.75, 3.05) is 43.5 Å². The van der Waals surface area contributed by atoms with Gasteiger partial charge in [0.15, 0.2) is 11.5 Å². The molecule has 1 saturated heterocycles. The lowest BCUT2D eigenvalue weighted by Gasteiger charge is -2.18. The van der Waals surface area contributed by atoms with Gasteiger partial charge in [-0.15, -0.1) is 0 Å². The number of ether oxygens (including phenoxy) is 2. The van der Waals surface area contributed by atoms with Gasteiger partial charge in [0.1, 0.15) is 0 Å². The van der Waals surface area contributed by atoms with Gasteiger partial charge in [0, 0.05) is 37.5 Å². The van der Waals surface area contributed by atoms with Crippen LogP contribution in [0.25, 0.3) is 0 Å². The Labute approximate surface area is 175 Å². The largest absolute Gasteiger partial charge is 0.504 e. The Kier molecular flexibility index (Phi) is 6.25. The summed E-state index contributed by atoms with van der Waals surface area (Å²) in [5, 5.41) is 10.0. The number of hydrogen-bond donors (Lipinski definition) is 2. The highest BCUT2D eigenvalue weighted by atomic mass is 32.2. The van der Waals surface area contributed by atoms with Crippen molar-refractivity contribution < 1.29 is 27.8 Å². The van der Waals surface area contributed by atoms with Gasteiger partial charge >= 0.3 is 6.03 Å². The predicted molar refractivity (Wildman–Crippen MR) is 113 cm³/mol. The van der Waals surface area contributed by atoms with Crippen molar-refractivity contribution in [2.24, 2.45) is 0 Å². The molecule has 0 bridgehead atoms. The molecule has 162 valence electrons. The van der Waals surface area contributed by atoms with E-state index in [1.165, 1.54) is 38.5 Å². The fraction of sp³-hybridized carbons (Fsp3) is 0.350. The van der Waals surface area contributed by atoms with Crippen LogP contribution in [0.15, 0.2) is 41.3 Å². The molecule has 1 fully saturated rings. The maximum absolute atomic E-state index is 12.7. The molecule has 0 aromatic heterocycles. The Morgan fingerprint density at radius 1 is 1.10 bits per heavy atom. The summed E-state index contributed by atoms with van der Waals surface area (Å²) in [6.45, 7) is 3.93. The number of carbonyl (C=O) groups is 1. The summed E-state index contributed by atoms with van der Waals surface area (Å²) >= 11 is 0. The number of rotatable bonds is 8. The van der Waals surface area contributed by atoms with Crippen LogP contribution in [0.3, 0.4) is 0 Å². The van der Waals surface area contributed by atoms with E-state index < -0.39 is 10.0 Å². The summed E-state index contributed by atoms with van der Waals surface area (Å²) in [7, 11) is -1.16. The van der Waals surface area contributed by atoms with Crippen molar-refractivity contribution >= 4 is 27.4 Å². The molecule has 2 N–H and O–H groups in total. The topological polar surface area (TPSA) is 108 Å². The van der Waals surface area contributed by atoms with Crippen LogP contribution in [0.1, 0.15) is 13.3 Å². The molecule has 3 rings (SSSR count). The Balaban J connectivity index is 1.79. The van der Waals surface area contributed by atoms with E-state index in [-0.39, 0.29) is 33.9 Å². The predicted octanol–water partition coefficient (Wildman–Crippen LogP) is 2.86. The van der Waals surface area contributed by atoms with Crippen LogP contribution in [0.4, 0.5) is 16.2 Å². The molecule has 0 spiro atoms. The van der Waals surface area contributed by atoms with Gasteiger partial charge in [-0.2, -0.15) is 0 Å². The molecule has 10 heteroatoms. The zero-order valence-corrected chi connectivity index (χ0v) is 17.9. The zero-order chi connectivity index (χ0) is 21.9. The molecule has 1 heterocycles. The second-order valence-electron chi connectivity index (χ2n) is 6.75. The molecule has 30 heavy (non-hydrogen) atoms. The maximum atomic E-state index is 12.7. The number of amides is 2. The number of urea groups is 1. The molecule has 9 nitrogen and oxygen atoms in total. The summed E-state index contributed by atoms with van der Waals surface area (Å²) in [5.41, 5.74) is 0.764. The van der Waals surface area contributed by atoms with Gasteiger partial charge in [-0.05, 0) is 30.7 Å². The first-order valence-electron chi connectivity index (χ1n) is 9.45. The quantitative estimate of drug-likeness (QED) is 0.660. The van der Waals surface area contributed by atoms with Crippen LogP contribution in [0.5, 0.6) is 17.2 Å². The van der Waals surface area contributed by atoms with Crippen molar-refractivity contribution in [3.63, 3.8) is 0 Å². The molecule has 0 atom stereocenters. The van der Waals surface area contributed by atoms with Gasteiger partial charge in [0.25, 0.3) is 10.0 Å². The lowest BCUT2D eigenvalue weighted by molar-refractivity contribution is 0.220. The van der Waals surface area contributed by atoms with Crippen LogP contribution in [0, 0.1) is 0 Å². The third kappa shape index (κ3) is 4.23. The second-order valence-corrected chi connectivity index (χ2v) is 8.43. The number of phenols is 1. The number of nitrogens with zero attached hydrogens (tertiary/aromatic N) is 2. The molecule has 0 radical (unpaired) electrons. The lowest BCUT2D eigenvalue weighted by atomic mass is 10.2. The number of benzene rings is 2. The van der Waals surface area contributed by atoms with Crippen LogP contribution >= 0.6 is 0 Å². The fourth-order valence-corrected chi connectivity index (χ4v) is 4.36. The number of phenolic OH excluding ortho intramolecular Hbond substituents is 1. The van der Waals surface area contributed by atoms with Gasteiger partial charge in [-0.1, -0.05) is 6.92 Å². The second kappa shape index (κ2) is 8.70. The van der Waals surface area contributed by atoms with E-state index in [1.54, 1.807) is 21.9 Å². The Hall–Kier alpha value is -3.14. The smallest absolute Gasteiger partial charge is 0.324 e. The summed E-state index contributed by atoms with van der Waals surface area (Å²) in [5.74, 6) is 0.0426. The number of sulfonamides is 1. The molecule has 2 amide bonds. The summed E-state index contributed by atoms with van der Waals surface area (Å²) < 4.78 is 38.1. The first kappa shape index (κ1) is 21.6. The van der Waals surface area contributed by atoms with Gasteiger partial charge in [-0.3, -0.25) is 9.62 Å². The highest BCUT2D eigenvalue weighted by Crippen LogP contribution is 2.39. The summed E-state index contributed by atoms with van der Waals surface area (Å²) in [6, 6.07) is 8.66. The molecule has 2 aromatic carbocycles. The van der Waals surface area contributed by atoms with Crippen LogP contribution in [0.2, 0.25) is 0 Å². The van der Waals surface area contributed by atoms with Crippen molar-refractivity contribution in [1.29, 1.82) is 0 Å². The minimum Gasteiger partial charge on any atom is -0.504 e. The maximum Gasteiger partial charge on any atom is 0.324 e. The van der Waals surface area contributed by atoms with Gasteiger partial charge < -0.3 is 19.5 Å². The summed E-state index contributed by atoms with van der Waals surface area (Å²) in [4.78, 5) is 15.9. The first-order valence-corrected chi connectivity index (χ1v) is 10.9. The highest BCUT2D eigenvalue weighted by Gasteiger charge is 2.29. The van der Waals surface area contributed by atoms with Crippen molar-refractivity contribution in [1.82, 2.24) is 4.90 Å². The highest BCUT2D eigenvalue weighted by molar-refractivity contribution is 7.92. The van der Waals surface area contributed by atoms with Gasteiger partial charge in [0.2, 0.25) is 5.75 Å². The molecular weight excluding hydrogens is 410 g/mol. The third-order valence-corrected chi connectivity index (χ3v) is 6.16. The van der Waals surface area contributed by atoms with Crippen LogP contribution in [-0.4, -0.2) is 58.3 Å². The Bertz CT molecular complexity index is 1020. The average Bonchev–Trinajstić information content (AvgIpc) is 3.08. The van der Waals surface area contributed by atoms with E-state index in [4.69, 9.17) is 9.47 Å². The normalized spacial score (nSPS) is 14.2. The minimum atomic E-state index is -3.92. The van der Waals surface area contributed by atoms with Crippen molar-refractivity contribution in [3.8, 4) is 17.2 Å². The average molecular weight is 436 g/mol. The van der Waals surface area contributed by atoms with E-state index in [9.17, 15) is 18.3 Å². The first-order chi connectivity index (χ1) is 14.3. The van der Waals surface area contributed by atoms with Gasteiger partial charge in [0.05, 0.1) is 24.8 Å². The standard InChI is InChI=1S/C20H25N3O6S/c1-4-9-22-10-11-23(20(22)25)15-5-7-16(8-6-15)30(26,27)21-14-12-17(24)19(29-3)18(13-14)28-2/h5-8,12-13,21,24H,4,9-11H2,1-3H3. The van der Waals surface area contributed by atoms with E-state index in [2.05, 4.69) is 4.72 Å². The molecule has 0 aliphatic carbocycles. The van der Waals surface area contributed by atoms with Crippen LogP contribution < -0.4 is 19.1 Å². The minimum absolute atomic E-state index is 0.0255. The molecular formula is C20H25N3O6S. The number of nitrogens with one attached hydrogen (secondary N) is 1. The number of aromatic hydroxyl groups is 1. The third-order valence-electron chi connectivity index (χ3n) is 4.76. The zero-order valence-electron chi connectivity index (χ0n) is 17.1. The molecule has 1 aliphatic rings. The summed E-state index contributed by atoms with van der Waals surface area (Å²) in [6.07, 6.45) is 0.883. The lowest BCUT2D eigenvalue weighted by Crippen LogP contribution is -2.32. The SMILES string of the molecule is CCCN1CCN(c2ccc(S(=O)(=O)Nc3cc(O)c(OC)c(OC)c3)cc2)C1=O. The number of hydrogen-bond acceptors (Lipinski definition) is 6. The van der Waals surface area contributed by atoms with E-state index in [0.717, 1.165) is 6.42 Å². The molecule has 1 aliphatic heterocycles. The molecule has 0 unspecified atom stereocenters. The molecule has 0 saturated carbocycles. The number of methoxy groups -OCH3 is 2. The van der Waals surface area contributed by atoms with E-state index in [0.29, 0.717) is 25.3 Å². The van der Waals surface area contributed by atoms with Crippen LogP contribution in [-0.2, 0) is 10.0 Å². The van der Waals surface area contributed by atoms with E-state index in [1.807, 2.05) is 6.92 Å².